The lowest BCUT2D eigenvalue weighted by atomic mass is 9.81. The van der Waals surface area contributed by atoms with Gasteiger partial charge in [-0.1, -0.05) is 31.9 Å². The number of anilines is 1. The maximum Gasteiger partial charge on any atom is 0.229 e. The smallest absolute Gasteiger partial charge is 0.229 e. The van der Waals surface area contributed by atoms with Crippen LogP contribution in [-0.2, 0) is 4.79 Å². The molecule has 1 aliphatic carbocycles. The number of aromatic nitrogens is 2. The van der Waals surface area contributed by atoms with E-state index in [-0.39, 0.29) is 22.4 Å². The van der Waals surface area contributed by atoms with Crippen molar-refractivity contribution in [1.82, 2.24) is 9.97 Å². The zero-order valence-electron chi connectivity index (χ0n) is 10.0. The molecule has 1 atom stereocenters. The van der Waals surface area contributed by atoms with Crippen LogP contribution in [0.3, 0.4) is 0 Å². The Labute approximate surface area is 106 Å². The molecule has 1 saturated carbocycles. The van der Waals surface area contributed by atoms with Crippen LogP contribution in [0.15, 0.2) is 12.4 Å². The van der Waals surface area contributed by atoms with Gasteiger partial charge in [0.05, 0.1) is 12.4 Å². The Morgan fingerprint density at radius 3 is 2.88 bits per heavy atom. The van der Waals surface area contributed by atoms with Gasteiger partial charge in [-0.3, -0.25) is 9.78 Å². The molecular formula is C12H16ClN3O. The lowest BCUT2D eigenvalue weighted by Gasteiger charge is -2.25. The molecule has 4 nitrogen and oxygen atoms in total. The van der Waals surface area contributed by atoms with E-state index in [1.165, 1.54) is 12.4 Å². The molecule has 0 saturated heterocycles. The van der Waals surface area contributed by atoms with Crippen molar-refractivity contribution < 1.29 is 4.79 Å². The Morgan fingerprint density at radius 1 is 1.53 bits per heavy atom. The first-order valence-electron chi connectivity index (χ1n) is 5.77. The van der Waals surface area contributed by atoms with Crippen LogP contribution in [0.4, 0.5) is 5.82 Å². The summed E-state index contributed by atoms with van der Waals surface area (Å²) in [5.41, 5.74) is 0.0656. The van der Waals surface area contributed by atoms with Gasteiger partial charge in [0.1, 0.15) is 5.15 Å². The molecule has 0 spiro atoms. The second-order valence-corrected chi connectivity index (χ2v) is 5.54. The van der Waals surface area contributed by atoms with Gasteiger partial charge in [-0.2, -0.15) is 0 Å². The van der Waals surface area contributed by atoms with E-state index in [1.807, 2.05) is 0 Å². The van der Waals surface area contributed by atoms with Crippen molar-refractivity contribution in [3.05, 3.63) is 17.5 Å². The van der Waals surface area contributed by atoms with Gasteiger partial charge in [-0.25, -0.2) is 4.98 Å². The number of carbonyl (C=O) groups is 1. The third kappa shape index (κ3) is 2.75. The van der Waals surface area contributed by atoms with Gasteiger partial charge in [-0.05, 0) is 18.3 Å². The monoisotopic (exact) mass is 253 g/mol. The number of carbonyl (C=O) groups excluding carboxylic acids is 1. The molecule has 17 heavy (non-hydrogen) atoms. The van der Waals surface area contributed by atoms with E-state index in [9.17, 15) is 4.79 Å². The van der Waals surface area contributed by atoms with Crippen molar-refractivity contribution in [2.75, 3.05) is 5.32 Å². The summed E-state index contributed by atoms with van der Waals surface area (Å²) in [5, 5.41) is 3.07. The van der Waals surface area contributed by atoms with Crippen molar-refractivity contribution in [1.29, 1.82) is 0 Å². The summed E-state index contributed by atoms with van der Waals surface area (Å²) >= 11 is 5.72. The molecule has 1 amide bonds. The Bertz CT molecular complexity index is 434. The average Bonchev–Trinajstić information content (AvgIpc) is 2.58. The third-order valence-corrected chi connectivity index (χ3v) is 3.61. The fourth-order valence-corrected chi connectivity index (χ4v) is 2.58. The summed E-state index contributed by atoms with van der Waals surface area (Å²) in [4.78, 5) is 20.0. The van der Waals surface area contributed by atoms with Gasteiger partial charge in [0, 0.05) is 5.92 Å². The third-order valence-electron chi connectivity index (χ3n) is 3.43. The largest absolute Gasteiger partial charge is 0.309 e. The normalized spacial score (nSPS) is 22.4. The highest BCUT2D eigenvalue weighted by Crippen LogP contribution is 2.42. The maximum atomic E-state index is 12.1. The molecule has 0 radical (unpaired) electrons. The molecule has 1 fully saturated rings. The van der Waals surface area contributed by atoms with Crippen molar-refractivity contribution in [3.8, 4) is 0 Å². The molecule has 0 bridgehead atoms. The maximum absolute atomic E-state index is 12.1. The fourth-order valence-electron chi connectivity index (χ4n) is 2.43. The second kappa shape index (κ2) is 4.61. The van der Waals surface area contributed by atoms with Crippen LogP contribution in [0.1, 0.15) is 33.1 Å². The average molecular weight is 254 g/mol. The quantitative estimate of drug-likeness (QED) is 0.882. The number of amides is 1. The lowest BCUT2D eigenvalue weighted by molar-refractivity contribution is -0.122. The number of nitrogens with one attached hydrogen (secondary N) is 1. The first-order valence-corrected chi connectivity index (χ1v) is 6.15. The van der Waals surface area contributed by atoms with E-state index in [0.717, 1.165) is 19.3 Å². The van der Waals surface area contributed by atoms with Crippen molar-refractivity contribution >= 4 is 23.3 Å². The van der Waals surface area contributed by atoms with Crippen molar-refractivity contribution in [3.63, 3.8) is 0 Å². The summed E-state index contributed by atoms with van der Waals surface area (Å²) in [6.07, 6.45) is 6.08. The standard InChI is InChI=1S/C12H16ClN3O/c1-12(2)5-3-4-8(12)11(17)16-10-7-14-6-9(13)15-10/h6-8H,3-5H2,1-2H3,(H,15,16,17). The van der Waals surface area contributed by atoms with Gasteiger partial charge in [-0.15, -0.1) is 0 Å². The summed E-state index contributed by atoms with van der Waals surface area (Å²) in [5.74, 6) is 0.484. The molecule has 5 heteroatoms. The van der Waals surface area contributed by atoms with Crippen LogP contribution >= 0.6 is 11.6 Å². The molecule has 1 N–H and O–H groups in total. The van der Waals surface area contributed by atoms with Gasteiger partial charge < -0.3 is 5.32 Å². The number of nitrogens with zero attached hydrogens (tertiary/aromatic N) is 2. The van der Waals surface area contributed by atoms with Crippen LogP contribution in [0.25, 0.3) is 0 Å². The van der Waals surface area contributed by atoms with E-state index >= 15 is 0 Å². The zero-order chi connectivity index (χ0) is 12.5. The molecular weight excluding hydrogens is 238 g/mol. The molecule has 0 aliphatic heterocycles. The molecule has 1 unspecified atom stereocenters. The number of hydrogen-bond donors (Lipinski definition) is 1. The molecule has 0 aromatic carbocycles. The van der Waals surface area contributed by atoms with Crippen LogP contribution < -0.4 is 5.32 Å². The molecule has 92 valence electrons. The zero-order valence-corrected chi connectivity index (χ0v) is 10.8. The summed E-state index contributed by atoms with van der Waals surface area (Å²) < 4.78 is 0. The topological polar surface area (TPSA) is 54.9 Å². The van der Waals surface area contributed by atoms with E-state index in [4.69, 9.17) is 11.6 Å². The molecule has 2 rings (SSSR count). The Kier molecular flexibility index (Phi) is 3.33. The van der Waals surface area contributed by atoms with Crippen molar-refractivity contribution in [2.24, 2.45) is 11.3 Å². The van der Waals surface area contributed by atoms with E-state index in [2.05, 4.69) is 29.1 Å². The predicted molar refractivity (Wildman–Crippen MR) is 66.8 cm³/mol. The van der Waals surface area contributed by atoms with Crippen LogP contribution in [-0.4, -0.2) is 15.9 Å². The summed E-state index contributed by atoms with van der Waals surface area (Å²) in [6, 6.07) is 0. The SMILES string of the molecule is CC1(C)CCCC1C(=O)Nc1cncc(Cl)n1. The summed E-state index contributed by atoms with van der Waals surface area (Å²) in [6.45, 7) is 4.27. The molecule has 1 aromatic rings. The number of hydrogen-bond acceptors (Lipinski definition) is 3. The highest BCUT2D eigenvalue weighted by Gasteiger charge is 2.39. The minimum atomic E-state index is 0.0177. The van der Waals surface area contributed by atoms with Gasteiger partial charge in [0.25, 0.3) is 0 Å². The fraction of sp³-hybridized carbons (Fsp3) is 0.583. The highest BCUT2D eigenvalue weighted by molar-refractivity contribution is 6.29. The highest BCUT2D eigenvalue weighted by atomic mass is 35.5. The van der Waals surface area contributed by atoms with Gasteiger partial charge >= 0.3 is 0 Å². The summed E-state index contributed by atoms with van der Waals surface area (Å²) in [7, 11) is 0. The first-order chi connectivity index (χ1) is 7.99. The van der Waals surface area contributed by atoms with Crippen LogP contribution in [0.5, 0.6) is 0 Å². The first kappa shape index (κ1) is 12.3. The molecule has 1 aliphatic rings. The molecule has 1 aromatic heterocycles. The Hall–Kier alpha value is -1.16. The number of rotatable bonds is 2. The molecule has 1 heterocycles. The van der Waals surface area contributed by atoms with Crippen LogP contribution in [0, 0.1) is 11.3 Å². The lowest BCUT2D eigenvalue weighted by Crippen LogP contribution is -2.31. The second-order valence-electron chi connectivity index (χ2n) is 5.15. The predicted octanol–water partition coefficient (Wildman–Crippen LogP) is 2.89. The Morgan fingerprint density at radius 2 is 2.29 bits per heavy atom. The van der Waals surface area contributed by atoms with E-state index < -0.39 is 0 Å². The minimum absolute atomic E-state index is 0.0177. The van der Waals surface area contributed by atoms with Gasteiger partial charge in [0.2, 0.25) is 5.91 Å². The van der Waals surface area contributed by atoms with E-state index in [0.29, 0.717) is 5.82 Å². The minimum Gasteiger partial charge on any atom is -0.309 e. The van der Waals surface area contributed by atoms with Gasteiger partial charge in [0.15, 0.2) is 5.82 Å². The number of halogens is 1. The van der Waals surface area contributed by atoms with Crippen molar-refractivity contribution in [2.45, 2.75) is 33.1 Å². The Balaban J connectivity index is 2.07. The van der Waals surface area contributed by atoms with E-state index in [1.54, 1.807) is 0 Å². The van der Waals surface area contributed by atoms with Crippen LogP contribution in [0.2, 0.25) is 5.15 Å².